The maximum Gasteiger partial charge on any atom is 0.409 e. The molecule has 0 atom stereocenters. The summed E-state index contributed by atoms with van der Waals surface area (Å²) in [4.78, 5) is 13.1. The summed E-state index contributed by atoms with van der Waals surface area (Å²) in [5, 5.41) is 12.6. The molecule has 132 valence electrons. The van der Waals surface area contributed by atoms with Gasteiger partial charge >= 0.3 is 6.09 Å². The Morgan fingerprint density at radius 1 is 1.12 bits per heavy atom. The molecule has 0 N–H and O–H groups in total. The van der Waals surface area contributed by atoms with Gasteiger partial charge in [0.2, 0.25) is 5.16 Å². The highest BCUT2D eigenvalue weighted by Gasteiger charge is 2.21. The summed E-state index contributed by atoms with van der Waals surface area (Å²) in [7, 11) is 0. The lowest BCUT2D eigenvalue weighted by molar-refractivity contribution is 0.158. The molecule has 0 spiro atoms. The molecule has 0 aliphatic carbocycles. The number of carbonyl (C=O) groups excluding carboxylic acids is 1. The topological polar surface area (TPSA) is 91.6 Å². The highest BCUT2D eigenvalue weighted by molar-refractivity contribution is 7.99. The molecule has 4 rings (SSSR count). The van der Waals surface area contributed by atoms with E-state index in [1.807, 2.05) is 18.2 Å². The fourth-order valence-electron chi connectivity index (χ4n) is 2.64. The SMILES string of the molecule is O=C1OCCN1CCCSc1nnnn1-c1ccc2c(c1)OCCO2. The summed E-state index contributed by atoms with van der Waals surface area (Å²) >= 11 is 1.55. The average molecular weight is 363 g/mol. The first-order valence-electron chi connectivity index (χ1n) is 8.04. The number of rotatable bonds is 6. The number of carbonyl (C=O) groups is 1. The van der Waals surface area contributed by atoms with Crippen molar-refractivity contribution in [3.8, 4) is 17.2 Å². The quantitative estimate of drug-likeness (QED) is 0.561. The zero-order chi connectivity index (χ0) is 17.1. The molecule has 10 heteroatoms. The average Bonchev–Trinajstić information content (AvgIpc) is 3.27. The first kappa shape index (κ1) is 16.0. The zero-order valence-corrected chi connectivity index (χ0v) is 14.3. The van der Waals surface area contributed by atoms with Crippen LogP contribution in [0.15, 0.2) is 23.4 Å². The Labute approximate surface area is 148 Å². The standard InChI is InChI=1S/C15H17N5O4S/c21-15-19(5-6-24-15)4-1-9-25-14-16-17-18-20(14)11-2-3-12-13(10-11)23-8-7-22-12/h2-3,10H,1,4-9H2. The van der Waals surface area contributed by atoms with E-state index in [-0.39, 0.29) is 6.09 Å². The molecule has 1 aromatic heterocycles. The zero-order valence-electron chi connectivity index (χ0n) is 13.5. The van der Waals surface area contributed by atoms with Crippen LogP contribution in [0.1, 0.15) is 6.42 Å². The van der Waals surface area contributed by atoms with E-state index in [4.69, 9.17) is 14.2 Å². The molecular weight excluding hydrogens is 346 g/mol. The van der Waals surface area contributed by atoms with Gasteiger partial charge in [-0.25, -0.2) is 4.79 Å². The van der Waals surface area contributed by atoms with E-state index < -0.39 is 0 Å². The Morgan fingerprint density at radius 2 is 2.00 bits per heavy atom. The Kier molecular flexibility index (Phi) is 4.59. The fourth-order valence-corrected chi connectivity index (χ4v) is 3.46. The third-order valence-electron chi connectivity index (χ3n) is 3.86. The number of aromatic nitrogens is 4. The van der Waals surface area contributed by atoms with Gasteiger partial charge in [-0.3, -0.25) is 0 Å². The predicted octanol–water partition coefficient (Wildman–Crippen LogP) is 1.37. The molecule has 0 bridgehead atoms. The summed E-state index contributed by atoms with van der Waals surface area (Å²) < 4.78 is 17.7. The Hall–Kier alpha value is -2.49. The summed E-state index contributed by atoms with van der Waals surface area (Å²) in [6.07, 6.45) is 0.611. The van der Waals surface area contributed by atoms with Crippen molar-refractivity contribution in [1.82, 2.24) is 25.1 Å². The van der Waals surface area contributed by atoms with E-state index in [9.17, 15) is 4.79 Å². The van der Waals surface area contributed by atoms with Crippen LogP contribution < -0.4 is 9.47 Å². The largest absolute Gasteiger partial charge is 0.486 e. The predicted molar refractivity (Wildman–Crippen MR) is 88.4 cm³/mol. The number of cyclic esters (lactones) is 1. The lowest BCUT2D eigenvalue weighted by Gasteiger charge is -2.18. The third kappa shape index (κ3) is 3.48. The van der Waals surface area contributed by atoms with Gasteiger partial charge in [-0.2, -0.15) is 4.68 Å². The van der Waals surface area contributed by atoms with Gasteiger partial charge in [0.15, 0.2) is 11.5 Å². The summed E-state index contributed by atoms with van der Waals surface area (Å²) in [6.45, 7) is 2.92. The van der Waals surface area contributed by atoms with Crippen LogP contribution in [0.5, 0.6) is 11.5 Å². The maximum absolute atomic E-state index is 11.4. The molecule has 2 aliphatic heterocycles. The minimum absolute atomic E-state index is 0.230. The van der Waals surface area contributed by atoms with E-state index in [0.29, 0.717) is 43.8 Å². The molecular formula is C15H17N5O4S. The molecule has 1 aromatic carbocycles. The van der Waals surface area contributed by atoms with Gasteiger partial charge in [-0.05, 0) is 29.0 Å². The van der Waals surface area contributed by atoms with Crippen LogP contribution in [0.25, 0.3) is 5.69 Å². The maximum atomic E-state index is 11.4. The first-order chi connectivity index (χ1) is 12.3. The molecule has 25 heavy (non-hydrogen) atoms. The molecule has 9 nitrogen and oxygen atoms in total. The Morgan fingerprint density at radius 3 is 2.84 bits per heavy atom. The van der Waals surface area contributed by atoms with Crippen LogP contribution in [-0.2, 0) is 4.74 Å². The number of fused-ring (bicyclic) bond motifs is 1. The second-order valence-electron chi connectivity index (χ2n) is 5.50. The molecule has 2 aromatic rings. The number of benzene rings is 1. The minimum atomic E-state index is -0.230. The smallest absolute Gasteiger partial charge is 0.409 e. The van der Waals surface area contributed by atoms with E-state index in [1.54, 1.807) is 21.3 Å². The van der Waals surface area contributed by atoms with Gasteiger partial charge in [0.1, 0.15) is 19.8 Å². The van der Waals surface area contributed by atoms with Gasteiger partial charge in [0.25, 0.3) is 0 Å². The number of hydrogen-bond acceptors (Lipinski definition) is 8. The number of hydrogen-bond donors (Lipinski definition) is 0. The molecule has 1 amide bonds. The summed E-state index contributed by atoms with van der Waals surface area (Å²) in [5.41, 5.74) is 0.819. The van der Waals surface area contributed by atoms with Gasteiger partial charge in [0, 0.05) is 18.4 Å². The molecule has 0 radical (unpaired) electrons. The van der Waals surface area contributed by atoms with Crippen LogP contribution in [0.4, 0.5) is 4.79 Å². The third-order valence-corrected chi connectivity index (χ3v) is 4.87. The molecule has 3 heterocycles. The second kappa shape index (κ2) is 7.18. The van der Waals surface area contributed by atoms with Crippen molar-refractivity contribution in [3.05, 3.63) is 18.2 Å². The van der Waals surface area contributed by atoms with Crippen molar-refractivity contribution in [1.29, 1.82) is 0 Å². The van der Waals surface area contributed by atoms with Crippen LogP contribution in [0.3, 0.4) is 0 Å². The molecule has 1 fully saturated rings. The second-order valence-corrected chi connectivity index (χ2v) is 6.57. The van der Waals surface area contributed by atoms with Crippen molar-refractivity contribution >= 4 is 17.9 Å². The lowest BCUT2D eigenvalue weighted by Crippen LogP contribution is -2.25. The highest BCUT2D eigenvalue weighted by Crippen LogP contribution is 2.32. The molecule has 0 unspecified atom stereocenters. The number of amides is 1. The van der Waals surface area contributed by atoms with Crippen LogP contribution in [0, 0.1) is 0 Å². The first-order valence-corrected chi connectivity index (χ1v) is 9.03. The summed E-state index contributed by atoms with van der Waals surface area (Å²) in [5.74, 6) is 2.23. The van der Waals surface area contributed by atoms with Crippen molar-refractivity contribution in [2.75, 3.05) is 38.7 Å². The number of tetrazole rings is 1. The Balaban J connectivity index is 1.38. The van der Waals surface area contributed by atoms with Gasteiger partial charge in [0.05, 0.1) is 12.2 Å². The van der Waals surface area contributed by atoms with Crippen molar-refractivity contribution in [3.63, 3.8) is 0 Å². The summed E-state index contributed by atoms with van der Waals surface area (Å²) in [6, 6.07) is 5.63. The number of nitrogens with zero attached hydrogens (tertiary/aromatic N) is 5. The van der Waals surface area contributed by atoms with Crippen molar-refractivity contribution in [2.24, 2.45) is 0 Å². The van der Waals surface area contributed by atoms with Gasteiger partial charge in [-0.1, -0.05) is 11.8 Å². The van der Waals surface area contributed by atoms with Crippen molar-refractivity contribution < 1.29 is 19.0 Å². The van der Waals surface area contributed by atoms with E-state index in [2.05, 4.69) is 15.5 Å². The van der Waals surface area contributed by atoms with Gasteiger partial charge < -0.3 is 19.1 Å². The molecule has 0 saturated carbocycles. The van der Waals surface area contributed by atoms with E-state index in [1.165, 1.54) is 0 Å². The van der Waals surface area contributed by atoms with Crippen LogP contribution in [0.2, 0.25) is 0 Å². The van der Waals surface area contributed by atoms with E-state index >= 15 is 0 Å². The van der Waals surface area contributed by atoms with Crippen LogP contribution >= 0.6 is 11.8 Å². The lowest BCUT2D eigenvalue weighted by atomic mass is 10.2. The Bertz CT molecular complexity index is 768. The van der Waals surface area contributed by atoms with Crippen LogP contribution in [-0.4, -0.2) is 69.9 Å². The number of ether oxygens (including phenoxy) is 3. The molecule has 1 saturated heterocycles. The van der Waals surface area contributed by atoms with Crippen molar-refractivity contribution in [2.45, 2.75) is 11.6 Å². The van der Waals surface area contributed by atoms with Gasteiger partial charge in [-0.15, -0.1) is 5.10 Å². The highest BCUT2D eigenvalue weighted by atomic mass is 32.2. The normalized spacial score (nSPS) is 16.2. The van der Waals surface area contributed by atoms with E-state index in [0.717, 1.165) is 23.6 Å². The minimum Gasteiger partial charge on any atom is -0.486 e. The monoisotopic (exact) mass is 363 g/mol. The fraction of sp³-hybridized carbons (Fsp3) is 0.467. The molecule has 2 aliphatic rings. The number of thioether (sulfide) groups is 1.